The van der Waals surface area contributed by atoms with Gasteiger partial charge in [-0.3, -0.25) is 0 Å². The van der Waals surface area contributed by atoms with Gasteiger partial charge in [-0.2, -0.15) is 0 Å². The molecule has 0 atom stereocenters. The molecule has 0 bridgehead atoms. The Kier molecular flexibility index (Phi) is 12.7. The molecule has 2 aromatic rings. The molecule has 0 saturated carbocycles. The number of nitrogens with one attached hydrogen (secondary N) is 2. The molecule has 0 unspecified atom stereocenters. The number of ether oxygens (including phenoxy) is 5. The summed E-state index contributed by atoms with van der Waals surface area (Å²) in [5.74, 6) is 2.99. The minimum Gasteiger partial charge on any atom is -0.496 e. The van der Waals surface area contributed by atoms with E-state index in [9.17, 15) is 0 Å². The van der Waals surface area contributed by atoms with Crippen molar-refractivity contribution in [3.05, 3.63) is 48.0 Å². The van der Waals surface area contributed by atoms with E-state index in [4.69, 9.17) is 28.7 Å². The van der Waals surface area contributed by atoms with Gasteiger partial charge in [0.1, 0.15) is 5.75 Å². The van der Waals surface area contributed by atoms with Crippen LogP contribution in [0.5, 0.6) is 17.2 Å². The van der Waals surface area contributed by atoms with Crippen molar-refractivity contribution in [2.24, 2.45) is 4.99 Å². The van der Waals surface area contributed by atoms with Crippen LogP contribution >= 0.6 is 24.0 Å². The topological polar surface area (TPSA) is 82.6 Å². The Morgan fingerprint density at radius 1 is 1.00 bits per heavy atom. The van der Waals surface area contributed by atoms with Crippen LogP contribution in [0.1, 0.15) is 18.4 Å². The van der Waals surface area contributed by atoms with E-state index in [-0.39, 0.29) is 24.0 Å². The Labute approximate surface area is 213 Å². The number of para-hydroxylation sites is 1. The molecular formula is C24H34IN3O5. The number of guanidine groups is 1. The van der Waals surface area contributed by atoms with Gasteiger partial charge in [0, 0.05) is 44.0 Å². The lowest BCUT2D eigenvalue weighted by Crippen LogP contribution is -2.32. The van der Waals surface area contributed by atoms with Crippen molar-refractivity contribution in [3.8, 4) is 17.2 Å². The first kappa shape index (κ1) is 27.0. The van der Waals surface area contributed by atoms with Crippen LogP contribution in [0.3, 0.4) is 0 Å². The van der Waals surface area contributed by atoms with Crippen molar-refractivity contribution in [2.45, 2.75) is 19.4 Å². The molecule has 1 aliphatic heterocycles. The number of benzene rings is 2. The van der Waals surface area contributed by atoms with Crippen LogP contribution in [0.4, 0.5) is 5.69 Å². The standard InChI is InChI=1S/C24H33N3O5.HI/c1-28-15-16-30-12-5-11-25-24(26-18-19-7-3-4-8-21(19)29-2)27-20-9-10-22-23(17-20)32-14-6-13-31-22;/h3-4,7-10,17H,5-6,11-16,18H2,1-2H3,(H2,25,26,27);1H. The van der Waals surface area contributed by atoms with Crippen LogP contribution in [0, 0.1) is 0 Å². The predicted octanol–water partition coefficient (Wildman–Crippen LogP) is 4.09. The Bertz CT molecular complexity index is 866. The molecule has 1 aliphatic rings. The van der Waals surface area contributed by atoms with E-state index in [1.807, 2.05) is 42.5 Å². The molecule has 1 heterocycles. The highest BCUT2D eigenvalue weighted by Crippen LogP contribution is 2.32. The fraction of sp³-hybridized carbons (Fsp3) is 0.458. The van der Waals surface area contributed by atoms with Crippen LogP contribution < -0.4 is 24.8 Å². The van der Waals surface area contributed by atoms with Crippen molar-refractivity contribution in [1.82, 2.24) is 5.32 Å². The Morgan fingerprint density at radius 3 is 2.64 bits per heavy atom. The Morgan fingerprint density at radius 2 is 1.82 bits per heavy atom. The maximum Gasteiger partial charge on any atom is 0.196 e. The van der Waals surface area contributed by atoms with Crippen LogP contribution in [-0.2, 0) is 16.0 Å². The summed E-state index contributed by atoms with van der Waals surface area (Å²) in [6.07, 6.45) is 1.72. The minimum absolute atomic E-state index is 0. The summed E-state index contributed by atoms with van der Waals surface area (Å²) in [7, 11) is 3.34. The molecule has 0 aliphatic carbocycles. The molecule has 2 aromatic carbocycles. The summed E-state index contributed by atoms with van der Waals surface area (Å²) in [4.78, 5) is 4.76. The van der Waals surface area contributed by atoms with Gasteiger partial charge in [-0.05, 0) is 24.6 Å². The molecule has 0 saturated heterocycles. The van der Waals surface area contributed by atoms with Gasteiger partial charge in [0.25, 0.3) is 0 Å². The van der Waals surface area contributed by atoms with Crippen LogP contribution in [-0.4, -0.2) is 59.8 Å². The number of hydrogen-bond acceptors (Lipinski definition) is 6. The summed E-state index contributed by atoms with van der Waals surface area (Å²) in [6, 6.07) is 13.7. The molecule has 0 spiro atoms. The molecule has 182 valence electrons. The lowest BCUT2D eigenvalue weighted by atomic mass is 10.2. The van der Waals surface area contributed by atoms with E-state index in [1.54, 1.807) is 14.2 Å². The molecule has 2 N–H and O–H groups in total. The number of methoxy groups -OCH3 is 2. The molecule has 3 rings (SSSR count). The number of nitrogens with zero attached hydrogens (tertiary/aromatic N) is 1. The SMILES string of the molecule is COCCOCCCNC(=NCc1ccccc1OC)Nc1ccc2c(c1)OCCCO2.I. The van der Waals surface area contributed by atoms with Crippen molar-refractivity contribution in [2.75, 3.05) is 59.1 Å². The zero-order valence-electron chi connectivity index (χ0n) is 19.3. The second-order valence-electron chi connectivity index (χ2n) is 7.20. The van der Waals surface area contributed by atoms with E-state index in [2.05, 4.69) is 10.6 Å². The summed E-state index contributed by atoms with van der Waals surface area (Å²) in [5, 5.41) is 6.74. The third-order valence-electron chi connectivity index (χ3n) is 4.80. The molecule has 33 heavy (non-hydrogen) atoms. The van der Waals surface area contributed by atoms with Gasteiger partial charge in [0.05, 0.1) is 40.1 Å². The zero-order chi connectivity index (χ0) is 22.4. The first-order valence-corrected chi connectivity index (χ1v) is 10.9. The predicted molar refractivity (Wildman–Crippen MR) is 141 cm³/mol. The van der Waals surface area contributed by atoms with E-state index in [1.165, 1.54) is 0 Å². The van der Waals surface area contributed by atoms with Crippen LogP contribution in [0.2, 0.25) is 0 Å². The van der Waals surface area contributed by atoms with Gasteiger partial charge in [-0.15, -0.1) is 24.0 Å². The molecule has 9 heteroatoms. The van der Waals surface area contributed by atoms with E-state index < -0.39 is 0 Å². The summed E-state index contributed by atoms with van der Waals surface area (Å²) >= 11 is 0. The molecule has 8 nitrogen and oxygen atoms in total. The first-order valence-electron chi connectivity index (χ1n) is 10.9. The fourth-order valence-corrected chi connectivity index (χ4v) is 3.14. The van der Waals surface area contributed by atoms with Crippen molar-refractivity contribution in [3.63, 3.8) is 0 Å². The van der Waals surface area contributed by atoms with Gasteiger partial charge in [0.15, 0.2) is 17.5 Å². The Balaban J connectivity index is 0.00000385. The number of halogens is 1. The Hall–Kier alpha value is -2.24. The highest BCUT2D eigenvalue weighted by Gasteiger charge is 2.11. The maximum atomic E-state index is 5.81. The molecule has 0 amide bonds. The van der Waals surface area contributed by atoms with Crippen LogP contribution in [0.25, 0.3) is 0 Å². The largest absolute Gasteiger partial charge is 0.496 e. The smallest absolute Gasteiger partial charge is 0.196 e. The number of hydrogen-bond donors (Lipinski definition) is 2. The number of aliphatic imine (C=N–C) groups is 1. The number of rotatable bonds is 11. The number of fused-ring (bicyclic) bond motifs is 1. The number of anilines is 1. The van der Waals surface area contributed by atoms with Gasteiger partial charge in [-0.1, -0.05) is 18.2 Å². The van der Waals surface area contributed by atoms with Crippen molar-refractivity contribution in [1.29, 1.82) is 0 Å². The highest BCUT2D eigenvalue weighted by atomic mass is 127. The highest BCUT2D eigenvalue weighted by molar-refractivity contribution is 14.0. The van der Waals surface area contributed by atoms with Gasteiger partial charge < -0.3 is 34.3 Å². The van der Waals surface area contributed by atoms with Gasteiger partial charge in [-0.25, -0.2) is 4.99 Å². The average Bonchev–Trinajstić information content (AvgIpc) is 3.07. The monoisotopic (exact) mass is 571 g/mol. The molecule has 0 aromatic heterocycles. The lowest BCUT2D eigenvalue weighted by molar-refractivity contribution is 0.0699. The normalized spacial score (nSPS) is 13.0. The summed E-state index contributed by atoms with van der Waals surface area (Å²) < 4.78 is 27.5. The average molecular weight is 571 g/mol. The molecular weight excluding hydrogens is 537 g/mol. The van der Waals surface area contributed by atoms with Gasteiger partial charge >= 0.3 is 0 Å². The lowest BCUT2D eigenvalue weighted by Gasteiger charge is -2.15. The third kappa shape index (κ3) is 9.26. The fourth-order valence-electron chi connectivity index (χ4n) is 3.14. The minimum atomic E-state index is 0. The van der Waals surface area contributed by atoms with E-state index in [0.717, 1.165) is 47.9 Å². The molecule has 0 radical (unpaired) electrons. The third-order valence-corrected chi connectivity index (χ3v) is 4.80. The zero-order valence-corrected chi connectivity index (χ0v) is 21.6. The van der Waals surface area contributed by atoms with E-state index >= 15 is 0 Å². The first-order chi connectivity index (χ1) is 15.8. The van der Waals surface area contributed by atoms with Crippen molar-refractivity contribution < 1.29 is 23.7 Å². The van der Waals surface area contributed by atoms with Gasteiger partial charge in [0.2, 0.25) is 0 Å². The summed E-state index contributed by atoms with van der Waals surface area (Å²) in [6.45, 7) is 4.36. The van der Waals surface area contributed by atoms with Crippen LogP contribution in [0.15, 0.2) is 47.5 Å². The second-order valence-corrected chi connectivity index (χ2v) is 7.20. The second kappa shape index (κ2) is 15.6. The summed E-state index contributed by atoms with van der Waals surface area (Å²) in [5.41, 5.74) is 1.88. The quantitative estimate of drug-likeness (QED) is 0.182. The molecule has 0 fully saturated rings. The maximum absolute atomic E-state index is 5.81. The van der Waals surface area contributed by atoms with Crippen molar-refractivity contribution >= 4 is 35.6 Å². The van der Waals surface area contributed by atoms with E-state index in [0.29, 0.717) is 45.5 Å².